The lowest BCUT2D eigenvalue weighted by atomic mass is 10.2. The van der Waals surface area contributed by atoms with Crippen molar-refractivity contribution in [3.8, 4) is 0 Å². The number of nitrogens with two attached hydrogens (primary N) is 1. The van der Waals surface area contributed by atoms with E-state index < -0.39 is 23.8 Å². The predicted molar refractivity (Wildman–Crippen MR) is 64.4 cm³/mol. The third-order valence-corrected chi connectivity index (χ3v) is 3.06. The molecule has 0 saturated carbocycles. The van der Waals surface area contributed by atoms with Gasteiger partial charge < -0.3 is 15.7 Å². The first-order valence-corrected chi connectivity index (χ1v) is 5.80. The van der Waals surface area contributed by atoms with E-state index in [0.29, 0.717) is 19.4 Å². The maximum Gasteiger partial charge on any atom is 0.326 e. The molecule has 2 rings (SSSR count). The summed E-state index contributed by atoms with van der Waals surface area (Å²) in [5.74, 6) is -2.08. The van der Waals surface area contributed by atoms with E-state index in [1.807, 2.05) is 0 Å². The number of nitrogens with zero attached hydrogens (tertiary/aromatic N) is 2. The summed E-state index contributed by atoms with van der Waals surface area (Å²) in [6.07, 6.45) is 2.35. The number of carboxylic acids is 1. The number of hydrogen-bond donors (Lipinski definition) is 2. The molecule has 2 amide bonds. The van der Waals surface area contributed by atoms with Crippen LogP contribution in [0.25, 0.3) is 0 Å². The molecule has 2 heterocycles. The fourth-order valence-corrected chi connectivity index (χ4v) is 2.10. The third-order valence-electron chi connectivity index (χ3n) is 3.06. The number of primary amides is 1. The Bertz CT molecular complexity index is 526. The van der Waals surface area contributed by atoms with Gasteiger partial charge >= 0.3 is 5.97 Å². The van der Waals surface area contributed by atoms with Crippen LogP contribution < -0.4 is 5.73 Å². The molecule has 1 atom stereocenters. The van der Waals surface area contributed by atoms with Crippen LogP contribution in [-0.2, 0) is 4.79 Å². The van der Waals surface area contributed by atoms with Crippen molar-refractivity contribution >= 4 is 17.8 Å². The number of amides is 2. The van der Waals surface area contributed by atoms with Crippen LogP contribution in [0.2, 0.25) is 0 Å². The van der Waals surface area contributed by atoms with Crippen LogP contribution >= 0.6 is 0 Å². The van der Waals surface area contributed by atoms with Gasteiger partial charge in [0.2, 0.25) is 0 Å². The highest BCUT2D eigenvalue weighted by Crippen LogP contribution is 2.20. The van der Waals surface area contributed by atoms with Crippen molar-refractivity contribution in [1.82, 2.24) is 9.88 Å². The summed E-state index contributed by atoms with van der Waals surface area (Å²) >= 11 is 0. The topological polar surface area (TPSA) is 114 Å². The largest absolute Gasteiger partial charge is 0.480 e. The zero-order valence-corrected chi connectivity index (χ0v) is 10.1. The summed E-state index contributed by atoms with van der Waals surface area (Å²) in [7, 11) is 0. The standard InChI is InChI=1S/C12H13N3O4/c13-10(16)8-4-3-7(6-14-8)11(17)15-5-1-2-9(15)12(18)19/h3-4,6,9H,1-2,5H2,(H2,13,16)(H,18,19)/t9-/m1/s1. The number of hydrogen-bond acceptors (Lipinski definition) is 4. The first kappa shape index (κ1) is 13.0. The molecule has 100 valence electrons. The molecular weight excluding hydrogens is 250 g/mol. The fourth-order valence-electron chi connectivity index (χ4n) is 2.10. The number of carbonyl (C=O) groups excluding carboxylic acids is 2. The van der Waals surface area contributed by atoms with Crippen LogP contribution in [0.3, 0.4) is 0 Å². The molecule has 0 bridgehead atoms. The molecule has 0 radical (unpaired) electrons. The maximum absolute atomic E-state index is 12.1. The van der Waals surface area contributed by atoms with E-state index in [1.165, 1.54) is 23.2 Å². The summed E-state index contributed by atoms with van der Waals surface area (Å²) in [5.41, 5.74) is 5.36. The molecule has 1 aliphatic heterocycles. The van der Waals surface area contributed by atoms with Gasteiger partial charge in [0, 0.05) is 12.7 Å². The molecule has 1 aliphatic rings. The number of carboxylic acid groups (broad SMARTS) is 1. The summed E-state index contributed by atoms with van der Waals surface area (Å²) in [5, 5.41) is 9.03. The number of carbonyl (C=O) groups is 3. The Labute approximate surface area is 109 Å². The highest BCUT2D eigenvalue weighted by Gasteiger charge is 2.34. The zero-order valence-electron chi connectivity index (χ0n) is 10.1. The van der Waals surface area contributed by atoms with Gasteiger partial charge in [0.25, 0.3) is 11.8 Å². The van der Waals surface area contributed by atoms with Gasteiger partial charge in [-0.1, -0.05) is 0 Å². The van der Waals surface area contributed by atoms with Crippen molar-refractivity contribution in [2.75, 3.05) is 6.54 Å². The van der Waals surface area contributed by atoms with Crippen LogP contribution in [-0.4, -0.2) is 45.4 Å². The molecule has 0 unspecified atom stereocenters. The van der Waals surface area contributed by atoms with Crippen molar-refractivity contribution in [3.05, 3.63) is 29.6 Å². The van der Waals surface area contributed by atoms with Gasteiger partial charge in [-0.2, -0.15) is 0 Å². The van der Waals surface area contributed by atoms with Crippen LogP contribution in [0.4, 0.5) is 0 Å². The fraction of sp³-hybridized carbons (Fsp3) is 0.333. The first-order valence-electron chi connectivity index (χ1n) is 5.80. The second-order valence-corrected chi connectivity index (χ2v) is 4.29. The SMILES string of the molecule is NC(=O)c1ccc(C(=O)N2CCC[C@@H]2C(=O)O)cn1. The molecule has 1 saturated heterocycles. The number of rotatable bonds is 3. The van der Waals surface area contributed by atoms with Gasteiger partial charge in [-0.25, -0.2) is 4.79 Å². The van der Waals surface area contributed by atoms with Crippen molar-refractivity contribution in [1.29, 1.82) is 0 Å². The molecule has 1 fully saturated rings. The lowest BCUT2D eigenvalue weighted by molar-refractivity contribution is -0.141. The Morgan fingerprint density at radius 3 is 2.63 bits per heavy atom. The van der Waals surface area contributed by atoms with Crippen LogP contribution in [0, 0.1) is 0 Å². The van der Waals surface area contributed by atoms with Gasteiger partial charge in [0.15, 0.2) is 0 Å². The minimum absolute atomic E-state index is 0.0627. The molecule has 3 N–H and O–H groups in total. The van der Waals surface area contributed by atoms with E-state index >= 15 is 0 Å². The second-order valence-electron chi connectivity index (χ2n) is 4.29. The van der Waals surface area contributed by atoms with E-state index in [0.717, 1.165) is 0 Å². The van der Waals surface area contributed by atoms with Gasteiger partial charge in [-0.15, -0.1) is 0 Å². The van der Waals surface area contributed by atoms with Crippen molar-refractivity contribution in [2.45, 2.75) is 18.9 Å². The van der Waals surface area contributed by atoms with E-state index in [-0.39, 0.29) is 11.3 Å². The average Bonchev–Trinajstić information content (AvgIpc) is 2.87. The van der Waals surface area contributed by atoms with Gasteiger partial charge in [-0.05, 0) is 25.0 Å². The van der Waals surface area contributed by atoms with Crippen molar-refractivity contribution < 1.29 is 19.5 Å². The van der Waals surface area contributed by atoms with Gasteiger partial charge in [0.1, 0.15) is 11.7 Å². The van der Waals surface area contributed by atoms with Crippen LogP contribution in [0.15, 0.2) is 18.3 Å². The second kappa shape index (κ2) is 5.05. The van der Waals surface area contributed by atoms with Crippen LogP contribution in [0.5, 0.6) is 0 Å². The summed E-state index contributed by atoms with van der Waals surface area (Å²) in [6, 6.07) is 1.98. The molecule has 1 aromatic heterocycles. The van der Waals surface area contributed by atoms with Gasteiger partial charge in [-0.3, -0.25) is 14.6 Å². The number of likely N-dealkylation sites (tertiary alicyclic amines) is 1. The monoisotopic (exact) mass is 263 g/mol. The van der Waals surface area contributed by atoms with Crippen LogP contribution in [0.1, 0.15) is 33.7 Å². The highest BCUT2D eigenvalue weighted by molar-refractivity contribution is 5.97. The smallest absolute Gasteiger partial charge is 0.326 e. The Balaban J connectivity index is 2.19. The van der Waals surface area contributed by atoms with Crippen molar-refractivity contribution in [3.63, 3.8) is 0 Å². The Morgan fingerprint density at radius 2 is 2.11 bits per heavy atom. The molecule has 1 aromatic rings. The molecular formula is C12H13N3O4. The Morgan fingerprint density at radius 1 is 1.37 bits per heavy atom. The Hall–Kier alpha value is -2.44. The van der Waals surface area contributed by atoms with Crippen molar-refractivity contribution in [2.24, 2.45) is 5.73 Å². The van der Waals surface area contributed by atoms with E-state index in [1.54, 1.807) is 0 Å². The average molecular weight is 263 g/mol. The summed E-state index contributed by atoms with van der Waals surface area (Å²) in [4.78, 5) is 39.1. The molecule has 0 aromatic carbocycles. The molecule has 19 heavy (non-hydrogen) atoms. The normalized spacial score (nSPS) is 18.3. The minimum Gasteiger partial charge on any atom is -0.480 e. The Kier molecular flexibility index (Phi) is 3.46. The molecule has 0 aliphatic carbocycles. The van der Waals surface area contributed by atoms with Gasteiger partial charge in [0.05, 0.1) is 5.56 Å². The maximum atomic E-state index is 12.1. The number of aliphatic carboxylic acids is 1. The lowest BCUT2D eigenvalue weighted by Crippen LogP contribution is -2.40. The number of aromatic nitrogens is 1. The number of pyridine rings is 1. The zero-order chi connectivity index (χ0) is 14.0. The molecule has 7 nitrogen and oxygen atoms in total. The third kappa shape index (κ3) is 2.54. The lowest BCUT2D eigenvalue weighted by Gasteiger charge is -2.21. The summed E-state index contributed by atoms with van der Waals surface area (Å²) < 4.78 is 0. The first-order chi connectivity index (χ1) is 9.00. The van der Waals surface area contributed by atoms with E-state index in [9.17, 15) is 14.4 Å². The van der Waals surface area contributed by atoms with E-state index in [2.05, 4.69) is 4.98 Å². The minimum atomic E-state index is -1.01. The highest BCUT2D eigenvalue weighted by atomic mass is 16.4. The van der Waals surface area contributed by atoms with E-state index in [4.69, 9.17) is 10.8 Å². The predicted octanol–water partition coefficient (Wildman–Crippen LogP) is -0.130. The molecule has 0 spiro atoms. The summed E-state index contributed by atoms with van der Waals surface area (Å²) in [6.45, 7) is 0.410. The molecule has 7 heteroatoms. The quantitative estimate of drug-likeness (QED) is 0.788.